The monoisotopic (exact) mass is 469 g/mol. The van der Waals surface area contributed by atoms with Crippen LogP contribution in [0.15, 0.2) is 28.8 Å². The van der Waals surface area contributed by atoms with E-state index in [1.165, 1.54) is 29.8 Å². The predicted octanol–water partition coefficient (Wildman–Crippen LogP) is 5.32. The van der Waals surface area contributed by atoms with Gasteiger partial charge in [-0.15, -0.1) is 0 Å². The molecule has 30 heavy (non-hydrogen) atoms. The van der Waals surface area contributed by atoms with Crippen molar-refractivity contribution in [2.45, 2.75) is 45.4 Å². The maximum absolute atomic E-state index is 13.4. The summed E-state index contributed by atoms with van der Waals surface area (Å²) >= 11 is 13.4. The molecule has 8 heteroatoms. The molecule has 1 aliphatic heterocycles. The number of thioether (sulfide) groups is 1. The van der Waals surface area contributed by atoms with Crippen molar-refractivity contribution in [1.29, 1.82) is 0 Å². The standard InChI is InChI=1S/C22H25Cl2NO4S/c1-13(12-29-5)25(20(26)16-7-6-14(23)10-17(16)24)18-11-15(8-9-22(2,3)4)30-19(18)21(27)28/h6-7,10,13,15H,11-12H2,1-5H3,(H,27,28). The second kappa shape index (κ2) is 10.1. The average molecular weight is 470 g/mol. The third-order valence-electron chi connectivity index (χ3n) is 4.22. The largest absolute Gasteiger partial charge is 0.477 e. The van der Waals surface area contributed by atoms with Crippen molar-refractivity contribution in [2.75, 3.05) is 13.7 Å². The number of carboxylic acid groups (broad SMARTS) is 1. The van der Waals surface area contributed by atoms with Gasteiger partial charge in [0.2, 0.25) is 0 Å². The summed E-state index contributed by atoms with van der Waals surface area (Å²) in [4.78, 5) is 27.0. The zero-order valence-corrected chi connectivity index (χ0v) is 19.9. The molecule has 2 unspecified atom stereocenters. The Bertz CT molecular complexity index is 927. The van der Waals surface area contributed by atoms with Crippen molar-refractivity contribution >= 4 is 46.8 Å². The number of hydrogen-bond acceptors (Lipinski definition) is 4. The number of ether oxygens (including phenoxy) is 1. The van der Waals surface area contributed by atoms with Gasteiger partial charge in [-0.1, -0.05) is 46.8 Å². The van der Waals surface area contributed by atoms with E-state index in [2.05, 4.69) is 11.8 Å². The number of methoxy groups -OCH3 is 1. The van der Waals surface area contributed by atoms with E-state index in [4.69, 9.17) is 27.9 Å². The number of carbonyl (C=O) groups is 2. The highest BCUT2D eigenvalue weighted by Crippen LogP contribution is 2.41. The first-order chi connectivity index (χ1) is 13.9. The van der Waals surface area contributed by atoms with Crippen LogP contribution in [0.2, 0.25) is 10.0 Å². The SMILES string of the molecule is COCC(C)N(C(=O)c1ccc(Cl)cc1Cl)C1=C(C(=O)O)SC(C#CC(C)(C)C)C1. The Labute approximate surface area is 191 Å². The quantitative estimate of drug-likeness (QED) is 0.570. The van der Waals surface area contributed by atoms with Crippen molar-refractivity contribution in [3.63, 3.8) is 0 Å². The van der Waals surface area contributed by atoms with Crippen LogP contribution in [0.5, 0.6) is 0 Å². The lowest BCUT2D eigenvalue weighted by molar-refractivity contribution is -0.131. The second-order valence-electron chi connectivity index (χ2n) is 8.01. The Morgan fingerprint density at radius 2 is 2.03 bits per heavy atom. The molecule has 2 rings (SSSR count). The first-order valence-corrected chi connectivity index (χ1v) is 11.0. The lowest BCUT2D eigenvalue weighted by Gasteiger charge is -2.31. The molecule has 0 fully saturated rings. The fourth-order valence-corrected chi connectivity index (χ4v) is 4.53. The molecule has 0 bridgehead atoms. The summed E-state index contributed by atoms with van der Waals surface area (Å²) in [6.45, 7) is 8.01. The van der Waals surface area contributed by atoms with E-state index in [0.717, 1.165) is 0 Å². The maximum Gasteiger partial charge on any atom is 0.344 e. The molecule has 0 saturated carbocycles. The van der Waals surface area contributed by atoms with Gasteiger partial charge in [0.1, 0.15) is 4.91 Å². The molecular weight excluding hydrogens is 445 g/mol. The van der Waals surface area contributed by atoms with Crippen LogP contribution in [0.1, 0.15) is 44.5 Å². The van der Waals surface area contributed by atoms with E-state index in [-0.39, 0.29) is 32.8 Å². The number of nitrogens with zero attached hydrogens (tertiary/aromatic N) is 1. The molecule has 5 nitrogen and oxygen atoms in total. The summed E-state index contributed by atoms with van der Waals surface area (Å²) in [6, 6.07) is 4.20. The van der Waals surface area contributed by atoms with Crippen molar-refractivity contribution in [3.8, 4) is 11.8 Å². The van der Waals surface area contributed by atoms with Crippen LogP contribution in [-0.4, -0.2) is 46.9 Å². The summed E-state index contributed by atoms with van der Waals surface area (Å²) < 4.78 is 5.24. The van der Waals surface area contributed by atoms with Gasteiger partial charge >= 0.3 is 5.97 Å². The van der Waals surface area contributed by atoms with Crippen LogP contribution >= 0.6 is 35.0 Å². The first kappa shape index (κ1) is 24.6. The highest BCUT2D eigenvalue weighted by Gasteiger charge is 2.37. The molecule has 1 amide bonds. The lowest BCUT2D eigenvalue weighted by Crippen LogP contribution is -2.41. The smallest absolute Gasteiger partial charge is 0.344 e. The summed E-state index contributed by atoms with van der Waals surface area (Å²) in [5, 5.41) is 10.2. The Kier molecular flexibility index (Phi) is 8.29. The summed E-state index contributed by atoms with van der Waals surface area (Å²) in [5.74, 6) is 4.83. The van der Waals surface area contributed by atoms with Crippen molar-refractivity contribution < 1.29 is 19.4 Å². The number of carboxylic acids is 1. The first-order valence-electron chi connectivity index (χ1n) is 9.38. The Morgan fingerprint density at radius 3 is 2.57 bits per heavy atom. The van der Waals surface area contributed by atoms with E-state index in [1.54, 1.807) is 19.1 Å². The molecule has 1 heterocycles. The molecule has 162 valence electrons. The molecule has 0 aromatic heterocycles. The third-order valence-corrected chi connectivity index (χ3v) is 5.99. The van der Waals surface area contributed by atoms with Gasteiger partial charge < -0.3 is 14.7 Å². The topological polar surface area (TPSA) is 66.8 Å². The van der Waals surface area contributed by atoms with Gasteiger partial charge in [-0.05, 0) is 45.9 Å². The van der Waals surface area contributed by atoms with Gasteiger partial charge in [0, 0.05) is 29.7 Å². The van der Waals surface area contributed by atoms with E-state index in [9.17, 15) is 14.7 Å². The lowest BCUT2D eigenvalue weighted by atomic mass is 9.97. The van der Waals surface area contributed by atoms with Crippen molar-refractivity contribution in [2.24, 2.45) is 5.41 Å². The van der Waals surface area contributed by atoms with Crippen LogP contribution < -0.4 is 0 Å². The van der Waals surface area contributed by atoms with E-state index < -0.39 is 17.9 Å². The number of carbonyl (C=O) groups excluding carboxylic acids is 1. The van der Waals surface area contributed by atoms with Crippen LogP contribution in [-0.2, 0) is 9.53 Å². The molecule has 0 spiro atoms. The van der Waals surface area contributed by atoms with Gasteiger partial charge in [0.15, 0.2) is 0 Å². The number of hydrogen-bond donors (Lipinski definition) is 1. The van der Waals surface area contributed by atoms with Gasteiger partial charge in [-0.2, -0.15) is 0 Å². The maximum atomic E-state index is 13.4. The normalized spacial score (nSPS) is 17.4. The van der Waals surface area contributed by atoms with Gasteiger partial charge in [-0.3, -0.25) is 4.79 Å². The van der Waals surface area contributed by atoms with E-state index >= 15 is 0 Å². The van der Waals surface area contributed by atoms with Gasteiger partial charge in [-0.25, -0.2) is 4.79 Å². The summed E-state index contributed by atoms with van der Waals surface area (Å²) in [7, 11) is 1.53. The predicted molar refractivity (Wildman–Crippen MR) is 122 cm³/mol. The minimum atomic E-state index is -1.08. The molecular formula is C22H25Cl2NO4S. The van der Waals surface area contributed by atoms with Gasteiger partial charge in [0.25, 0.3) is 5.91 Å². The molecule has 1 N–H and O–H groups in total. The molecule has 0 radical (unpaired) electrons. The molecule has 0 saturated heterocycles. The summed E-state index contributed by atoms with van der Waals surface area (Å²) in [6.07, 6.45) is 0.334. The molecule has 0 aliphatic carbocycles. The highest BCUT2D eigenvalue weighted by molar-refractivity contribution is 8.05. The number of halogens is 2. The number of allylic oxidation sites excluding steroid dienone is 1. The van der Waals surface area contributed by atoms with E-state index in [1.807, 2.05) is 20.8 Å². The van der Waals surface area contributed by atoms with Gasteiger partial charge in [0.05, 0.1) is 28.5 Å². The molecule has 1 aromatic carbocycles. The summed E-state index contributed by atoms with van der Waals surface area (Å²) in [5.41, 5.74) is 0.458. The molecule has 1 aliphatic rings. The van der Waals surface area contributed by atoms with Crippen LogP contribution in [0.25, 0.3) is 0 Å². The molecule has 2 atom stereocenters. The number of benzene rings is 1. The Hall–Kier alpha value is -1.65. The van der Waals surface area contributed by atoms with Crippen LogP contribution in [0.4, 0.5) is 0 Å². The third kappa shape index (κ3) is 6.18. The Morgan fingerprint density at radius 1 is 1.37 bits per heavy atom. The Balaban J connectivity index is 2.50. The fraction of sp³-hybridized carbons (Fsp3) is 0.455. The zero-order valence-electron chi connectivity index (χ0n) is 17.6. The minimum Gasteiger partial charge on any atom is -0.477 e. The average Bonchev–Trinajstić information content (AvgIpc) is 3.04. The molecule has 1 aromatic rings. The van der Waals surface area contributed by atoms with E-state index in [0.29, 0.717) is 17.1 Å². The fourth-order valence-electron chi connectivity index (χ4n) is 2.98. The number of aliphatic carboxylic acids is 1. The number of rotatable bonds is 6. The minimum absolute atomic E-state index is 0.115. The zero-order chi connectivity index (χ0) is 22.6. The highest BCUT2D eigenvalue weighted by atomic mass is 35.5. The van der Waals surface area contributed by atoms with Crippen molar-refractivity contribution in [1.82, 2.24) is 4.90 Å². The van der Waals surface area contributed by atoms with Crippen LogP contribution in [0, 0.1) is 17.3 Å². The second-order valence-corrected chi connectivity index (χ2v) is 10.1. The van der Waals surface area contributed by atoms with Crippen LogP contribution in [0.3, 0.4) is 0 Å². The van der Waals surface area contributed by atoms with Crippen molar-refractivity contribution in [3.05, 3.63) is 44.4 Å². The number of amides is 1.